The number of rotatable bonds is 4. The Hall–Kier alpha value is -0.0500. The molecule has 108 valence electrons. The lowest BCUT2D eigenvalue weighted by molar-refractivity contribution is -0.367. The van der Waals surface area contributed by atoms with Crippen LogP contribution < -0.4 is 5.64 Å². The average Bonchev–Trinajstić information content (AvgIpc) is 2.06. The molecule has 1 heterocycles. The van der Waals surface area contributed by atoms with Crippen molar-refractivity contribution in [1.29, 1.82) is 0 Å². The van der Waals surface area contributed by atoms with Gasteiger partial charge in [-0.15, -0.1) is 0 Å². The fraction of sp³-hybridized carbons (Fsp3) is 1.00. The van der Waals surface area contributed by atoms with Crippen LogP contribution in [0.25, 0.3) is 0 Å². The van der Waals surface area contributed by atoms with Crippen molar-refractivity contribution in [3.63, 3.8) is 0 Å². The van der Waals surface area contributed by atoms with E-state index in [-0.39, 0.29) is 0 Å². The Morgan fingerprint density at radius 2 is 1.67 bits per heavy atom. The summed E-state index contributed by atoms with van der Waals surface area (Å²) < 4.78 is 15.7. The van der Waals surface area contributed by atoms with Crippen molar-refractivity contribution in [2.75, 3.05) is 0 Å². The van der Waals surface area contributed by atoms with Crippen molar-refractivity contribution in [2.45, 2.75) is 57.7 Å². The Kier molecular flexibility index (Phi) is 4.58. The summed E-state index contributed by atoms with van der Waals surface area (Å²) in [6, 6.07) is 0. The minimum Gasteiger partial charge on any atom is -0.303 e. The normalized spacial score (nSPS) is 25.3. The Morgan fingerprint density at radius 1 is 1.22 bits per heavy atom. The van der Waals surface area contributed by atoms with Crippen LogP contribution in [0.4, 0.5) is 0 Å². The largest absolute Gasteiger partial charge is 0.469 e. The van der Waals surface area contributed by atoms with Crippen LogP contribution in [0.3, 0.4) is 0 Å². The standard InChI is InChI=1S/C9H21N2O6P/c1-8(2)5-7(16-18(13,14)15)6-9(3,4)11(8)17-10-12/h7,10,12H,5-6H2,1-4H3,(H2,13,14,15). The van der Waals surface area contributed by atoms with Gasteiger partial charge in [0.1, 0.15) is 0 Å². The summed E-state index contributed by atoms with van der Waals surface area (Å²) in [5.74, 6) is 0. The van der Waals surface area contributed by atoms with E-state index >= 15 is 0 Å². The van der Waals surface area contributed by atoms with Crippen LogP contribution >= 0.6 is 7.82 Å². The molecule has 0 unspecified atom stereocenters. The van der Waals surface area contributed by atoms with Crippen LogP contribution in [0.1, 0.15) is 40.5 Å². The summed E-state index contributed by atoms with van der Waals surface area (Å²) in [6.45, 7) is 7.34. The van der Waals surface area contributed by atoms with E-state index < -0.39 is 25.0 Å². The molecule has 18 heavy (non-hydrogen) atoms. The van der Waals surface area contributed by atoms with Crippen molar-refractivity contribution in [2.24, 2.45) is 0 Å². The lowest BCUT2D eigenvalue weighted by Crippen LogP contribution is -2.62. The first-order valence-corrected chi connectivity index (χ1v) is 7.11. The molecule has 1 rings (SSSR count). The van der Waals surface area contributed by atoms with Crippen LogP contribution in [0, 0.1) is 0 Å². The van der Waals surface area contributed by atoms with Gasteiger partial charge in [0.2, 0.25) is 0 Å². The maximum atomic E-state index is 10.9. The first kappa shape index (κ1) is 16.0. The zero-order valence-electron chi connectivity index (χ0n) is 11.0. The molecule has 0 saturated carbocycles. The Balaban J connectivity index is 2.87. The van der Waals surface area contributed by atoms with Gasteiger partial charge in [-0.25, -0.2) is 4.57 Å². The number of hydrogen-bond acceptors (Lipinski definition) is 6. The second kappa shape index (κ2) is 5.15. The highest BCUT2D eigenvalue weighted by atomic mass is 31.2. The second-order valence-corrected chi connectivity index (χ2v) is 6.92. The smallest absolute Gasteiger partial charge is 0.303 e. The maximum absolute atomic E-state index is 10.9. The SMILES string of the molecule is CC1(C)CC(OP(=O)(O)O)CC(C)(C)N1ONO. The van der Waals surface area contributed by atoms with E-state index in [2.05, 4.69) is 0 Å². The molecule has 1 aliphatic rings. The van der Waals surface area contributed by atoms with Crippen molar-refractivity contribution < 1.29 is 29.0 Å². The Labute approximate surface area is 106 Å². The monoisotopic (exact) mass is 284 g/mol. The van der Waals surface area contributed by atoms with Gasteiger partial charge in [0.25, 0.3) is 0 Å². The molecular weight excluding hydrogens is 263 g/mol. The van der Waals surface area contributed by atoms with Crippen molar-refractivity contribution >= 4 is 7.82 Å². The molecule has 0 atom stereocenters. The van der Waals surface area contributed by atoms with Gasteiger partial charge in [0.15, 0.2) is 0 Å². The molecule has 0 amide bonds. The molecule has 1 saturated heterocycles. The molecule has 0 aromatic heterocycles. The molecule has 4 N–H and O–H groups in total. The molecule has 1 aliphatic heterocycles. The topological polar surface area (TPSA) is 111 Å². The zero-order chi connectivity index (χ0) is 14.2. The van der Waals surface area contributed by atoms with Crippen LogP contribution in [0.2, 0.25) is 0 Å². The van der Waals surface area contributed by atoms with Gasteiger partial charge in [-0.05, 0) is 40.5 Å². The molecule has 9 heteroatoms. The fourth-order valence-electron chi connectivity index (χ4n) is 2.73. The molecule has 8 nitrogen and oxygen atoms in total. The van der Waals surface area contributed by atoms with Crippen molar-refractivity contribution in [3.8, 4) is 0 Å². The number of phosphoric acid groups is 1. The third-order valence-electron chi connectivity index (χ3n) is 2.97. The maximum Gasteiger partial charge on any atom is 0.469 e. The van der Waals surface area contributed by atoms with Gasteiger partial charge < -0.3 is 9.79 Å². The summed E-state index contributed by atoms with van der Waals surface area (Å²) in [5.41, 5.74) is 0.527. The average molecular weight is 284 g/mol. The number of nitrogens with zero attached hydrogens (tertiary/aromatic N) is 1. The Bertz CT molecular complexity index is 324. The fourth-order valence-corrected chi connectivity index (χ4v) is 3.27. The molecule has 0 bridgehead atoms. The number of nitrogens with one attached hydrogen (secondary N) is 1. The zero-order valence-corrected chi connectivity index (χ0v) is 11.8. The Morgan fingerprint density at radius 3 is 2.00 bits per heavy atom. The van der Waals surface area contributed by atoms with Crippen molar-refractivity contribution in [3.05, 3.63) is 0 Å². The van der Waals surface area contributed by atoms with E-state index in [1.165, 1.54) is 0 Å². The van der Waals surface area contributed by atoms with Crippen LogP contribution in [0.5, 0.6) is 0 Å². The van der Waals surface area contributed by atoms with Crippen LogP contribution in [-0.2, 0) is 14.0 Å². The molecule has 0 spiro atoms. The predicted molar refractivity (Wildman–Crippen MR) is 62.2 cm³/mol. The molecule has 1 fully saturated rings. The second-order valence-electron chi connectivity index (χ2n) is 5.73. The lowest BCUT2D eigenvalue weighted by Gasteiger charge is -2.52. The van der Waals surface area contributed by atoms with Gasteiger partial charge in [0.05, 0.1) is 6.10 Å². The highest BCUT2D eigenvalue weighted by Crippen LogP contribution is 2.46. The number of hydrogen-bond donors (Lipinski definition) is 4. The highest BCUT2D eigenvalue weighted by molar-refractivity contribution is 7.46. The van der Waals surface area contributed by atoms with E-state index in [0.29, 0.717) is 12.8 Å². The summed E-state index contributed by atoms with van der Waals surface area (Å²) in [6.07, 6.45) is 0.154. The van der Waals surface area contributed by atoms with Gasteiger partial charge in [-0.2, -0.15) is 10.0 Å². The summed E-state index contributed by atoms with van der Waals surface area (Å²) in [7, 11) is -4.51. The first-order chi connectivity index (χ1) is 7.98. The predicted octanol–water partition coefficient (Wildman–Crippen LogP) is 0.943. The van der Waals surface area contributed by atoms with Gasteiger partial charge in [0, 0.05) is 11.1 Å². The number of phosphoric ester groups is 1. The minimum atomic E-state index is -4.51. The molecule has 0 radical (unpaired) electrons. The molecule has 0 aromatic rings. The summed E-state index contributed by atoms with van der Waals surface area (Å²) in [5, 5.41) is 10.2. The molecular formula is C9H21N2O6P. The van der Waals surface area contributed by atoms with Gasteiger partial charge >= 0.3 is 7.82 Å². The van der Waals surface area contributed by atoms with E-state index in [4.69, 9.17) is 24.5 Å². The van der Waals surface area contributed by atoms with E-state index in [9.17, 15) is 4.57 Å². The van der Waals surface area contributed by atoms with Crippen LogP contribution in [0.15, 0.2) is 0 Å². The van der Waals surface area contributed by atoms with Gasteiger partial charge in [-0.1, -0.05) is 5.64 Å². The quantitative estimate of drug-likeness (QED) is 0.446. The minimum absolute atomic E-state index is 0.364. The molecule has 0 aromatic carbocycles. The third-order valence-corrected chi connectivity index (χ3v) is 3.55. The van der Waals surface area contributed by atoms with E-state index in [1.54, 1.807) is 10.7 Å². The van der Waals surface area contributed by atoms with Gasteiger partial charge in [-0.3, -0.25) is 9.73 Å². The summed E-state index contributed by atoms with van der Waals surface area (Å²) in [4.78, 5) is 22.7. The van der Waals surface area contributed by atoms with Crippen molar-refractivity contribution in [1.82, 2.24) is 10.7 Å². The lowest BCUT2D eigenvalue weighted by atomic mass is 9.80. The van der Waals surface area contributed by atoms with E-state index in [0.717, 1.165) is 0 Å². The number of piperidine rings is 1. The highest BCUT2D eigenvalue weighted by Gasteiger charge is 2.48. The summed E-state index contributed by atoms with van der Waals surface area (Å²) >= 11 is 0. The van der Waals surface area contributed by atoms with E-state index in [1.807, 2.05) is 27.7 Å². The molecule has 0 aliphatic carbocycles. The first-order valence-electron chi connectivity index (χ1n) is 5.58. The third kappa shape index (κ3) is 3.97. The van der Waals surface area contributed by atoms with Crippen LogP contribution in [-0.4, -0.2) is 37.2 Å². The number of hydroxylamine groups is 2.